The SMILES string of the molecule is COc1ccc(NC(=O)[C@@H]2c3ccccc3C(=O)N(C)[C@H]2c2cccs2)c(OC)c1. The molecule has 1 aliphatic rings. The zero-order chi connectivity index (χ0) is 21.3. The Labute approximate surface area is 179 Å². The highest BCUT2D eigenvalue weighted by molar-refractivity contribution is 7.10. The van der Waals surface area contributed by atoms with Crippen molar-refractivity contribution in [3.8, 4) is 11.5 Å². The number of likely N-dealkylation sites (N-methyl/N-ethyl adjacent to an activating group) is 1. The Kier molecular flexibility index (Phi) is 5.46. The molecule has 0 fully saturated rings. The normalized spacial score (nSPS) is 18.0. The fraction of sp³-hybridized carbons (Fsp3) is 0.217. The van der Waals surface area contributed by atoms with Gasteiger partial charge in [0.15, 0.2) is 0 Å². The molecule has 154 valence electrons. The van der Waals surface area contributed by atoms with Gasteiger partial charge in [0.1, 0.15) is 11.5 Å². The minimum Gasteiger partial charge on any atom is -0.497 e. The monoisotopic (exact) mass is 422 g/mol. The minimum absolute atomic E-state index is 0.0879. The first-order valence-electron chi connectivity index (χ1n) is 9.47. The van der Waals surface area contributed by atoms with Crippen LogP contribution in [0.2, 0.25) is 0 Å². The van der Waals surface area contributed by atoms with Crippen LogP contribution in [0.15, 0.2) is 60.0 Å². The number of hydrogen-bond acceptors (Lipinski definition) is 5. The number of fused-ring (bicyclic) bond motifs is 1. The fourth-order valence-corrected chi connectivity index (χ4v) is 4.79. The summed E-state index contributed by atoms with van der Waals surface area (Å²) in [7, 11) is 4.86. The molecular weight excluding hydrogens is 400 g/mol. The van der Waals surface area contributed by atoms with E-state index in [4.69, 9.17) is 9.47 Å². The van der Waals surface area contributed by atoms with Gasteiger partial charge >= 0.3 is 0 Å². The van der Waals surface area contributed by atoms with Gasteiger partial charge < -0.3 is 19.7 Å². The number of amides is 2. The van der Waals surface area contributed by atoms with E-state index < -0.39 is 12.0 Å². The van der Waals surface area contributed by atoms with Crippen LogP contribution < -0.4 is 14.8 Å². The summed E-state index contributed by atoms with van der Waals surface area (Å²) in [5.74, 6) is 0.284. The summed E-state index contributed by atoms with van der Waals surface area (Å²) in [6.45, 7) is 0. The van der Waals surface area contributed by atoms with Gasteiger partial charge in [-0.1, -0.05) is 24.3 Å². The van der Waals surface area contributed by atoms with Crippen LogP contribution in [0.3, 0.4) is 0 Å². The summed E-state index contributed by atoms with van der Waals surface area (Å²) in [5, 5.41) is 4.95. The Hall–Kier alpha value is -3.32. The first-order valence-corrected chi connectivity index (χ1v) is 10.4. The number of carbonyl (C=O) groups is 2. The second kappa shape index (κ2) is 8.20. The van der Waals surface area contributed by atoms with Gasteiger partial charge in [-0.05, 0) is 35.2 Å². The molecule has 2 amide bonds. The lowest BCUT2D eigenvalue weighted by atomic mass is 9.81. The van der Waals surface area contributed by atoms with E-state index in [1.807, 2.05) is 35.7 Å². The number of hydrogen-bond donors (Lipinski definition) is 1. The Bertz CT molecular complexity index is 1080. The van der Waals surface area contributed by atoms with E-state index >= 15 is 0 Å². The molecule has 30 heavy (non-hydrogen) atoms. The van der Waals surface area contributed by atoms with Gasteiger partial charge in [-0.15, -0.1) is 11.3 Å². The van der Waals surface area contributed by atoms with Crippen LogP contribution in [0.4, 0.5) is 5.69 Å². The van der Waals surface area contributed by atoms with E-state index in [1.54, 1.807) is 50.4 Å². The molecule has 6 nitrogen and oxygen atoms in total. The van der Waals surface area contributed by atoms with Crippen molar-refractivity contribution in [2.75, 3.05) is 26.6 Å². The largest absolute Gasteiger partial charge is 0.497 e. The van der Waals surface area contributed by atoms with Crippen LogP contribution >= 0.6 is 11.3 Å². The third-order valence-electron chi connectivity index (χ3n) is 5.36. The summed E-state index contributed by atoms with van der Waals surface area (Å²) >= 11 is 1.53. The Morgan fingerprint density at radius 3 is 2.57 bits per heavy atom. The third-order valence-corrected chi connectivity index (χ3v) is 6.31. The lowest BCUT2D eigenvalue weighted by Crippen LogP contribution is -2.43. The molecule has 0 saturated heterocycles. The maximum absolute atomic E-state index is 13.6. The van der Waals surface area contributed by atoms with E-state index in [2.05, 4.69) is 5.32 Å². The lowest BCUT2D eigenvalue weighted by Gasteiger charge is -2.39. The molecule has 7 heteroatoms. The van der Waals surface area contributed by atoms with E-state index in [0.717, 1.165) is 10.4 Å². The van der Waals surface area contributed by atoms with Gasteiger partial charge in [-0.2, -0.15) is 0 Å². The number of rotatable bonds is 5. The van der Waals surface area contributed by atoms with Crippen molar-refractivity contribution in [1.29, 1.82) is 0 Å². The van der Waals surface area contributed by atoms with Crippen LogP contribution in [0.1, 0.15) is 32.8 Å². The number of ether oxygens (including phenoxy) is 2. The molecule has 1 N–H and O–H groups in total. The summed E-state index contributed by atoms with van der Waals surface area (Å²) < 4.78 is 10.7. The number of methoxy groups -OCH3 is 2. The summed E-state index contributed by atoms with van der Waals surface area (Å²) in [4.78, 5) is 29.2. The Balaban J connectivity index is 1.77. The Morgan fingerprint density at radius 2 is 1.87 bits per heavy atom. The summed E-state index contributed by atoms with van der Waals surface area (Å²) in [6, 6.07) is 16.0. The zero-order valence-corrected chi connectivity index (χ0v) is 17.7. The average Bonchev–Trinajstić information content (AvgIpc) is 3.30. The topological polar surface area (TPSA) is 67.9 Å². The molecule has 0 unspecified atom stereocenters. The maximum atomic E-state index is 13.6. The molecule has 3 aromatic rings. The van der Waals surface area contributed by atoms with Gasteiger partial charge in [0, 0.05) is 23.6 Å². The number of nitrogens with one attached hydrogen (secondary N) is 1. The molecule has 2 aromatic carbocycles. The molecule has 0 aliphatic carbocycles. The van der Waals surface area contributed by atoms with Crippen molar-refractivity contribution in [3.05, 3.63) is 76.0 Å². The van der Waals surface area contributed by atoms with Gasteiger partial charge in [-0.3, -0.25) is 9.59 Å². The van der Waals surface area contributed by atoms with Crippen molar-refractivity contribution in [1.82, 2.24) is 4.90 Å². The quantitative estimate of drug-likeness (QED) is 0.665. The molecule has 2 heterocycles. The van der Waals surface area contributed by atoms with Crippen LogP contribution in [0.5, 0.6) is 11.5 Å². The zero-order valence-electron chi connectivity index (χ0n) is 16.9. The van der Waals surface area contributed by atoms with Gasteiger partial charge in [0.05, 0.1) is 31.9 Å². The van der Waals surface area contributed by atoms with E-state index in [1.165, 1.54) is 11.3 Å². The smallest absolute Gasteiger partial charge is 0.254 e. The van der Waals surface area contributed by atoms with Crippen LogP contribution in [-0.2, 0) is 4.79 Å². The van der Waals surface area contributed by atoms with Crippen molar-refractivity contribution in [2.24, 2.45) is 0 Å². The number of thiophene rings is 1. The number of benzene rings is 2. The van der Waals surface area contributed by atoms with Crippen LogP contribution in [0.25, 0.3) is 0 Å². The summed E-state index contributed by atoms with van der Waals surface area (Å²) in [5.41, 5.74) is 1.82. The van der Waals surface area contributed by atoms with Crippen LogP contribution in [-0.4, -0.2) is 38.0 Å². The number of anilines is 1. The maximum Gasteiger partial charge on any atom is 0.254 e. The van der Waals surface area contributed by atoms with Crippen molar-refractivity contribution < 1.29 is 19.1 Å². The molecule has 4 rings (SSSR count). The number of nitrogens with zero attached hydrogens (tertiary/aromatic N) is 1. The highest BCUT2D eigenvalue weighted by Crippen LogP contribution is 2.44. The van der Waals surface area contributed by atoms with Crippen molar-refractivity contribution in [3.63, 3.8) is 0 Å². The predicted octanol–water partition coefficient (Wildman–Crippen LogP) is 4.31. The van der Waals surface area contributed by atoms with Gasteiger partial charge in [0.2, 0.25) is 5.91 Å². The predicted molar refractivity (Wildman–Crippen MR) is 117 cm³/mol. The van der Waals surface area contributed by atoms with E-state index in [-0.39, 0.29) is 11.8 Å². The van der Waals surface area contributed by atoms with Crippen LogP contribution in [0, 0.1) is 0 Å². The van der Waals surface area contributed by atoms with E-state index in [9.17, 15) is 9.59 Å². The first kappa shape index (κ1) is 20.0. The Morgan fingerprint density at radius 1 is 1.07 bits per heavy atom. The second-order valence-electron chi connectivity index (χ2n) is 7.00. The second-order valence-corrected chi connectivity index (χ2v) is 7.98. The lowest BCUT2D eigenvalue weighted by molar-refractivity contribution is -0.119. The highest BCUT2D eigenvalue weighted by atomic mass is 32.1. The highest BCUT2D eigenvalue weighted by Gasteiger charge is 2.43. The van der Waals surface area contributed by atoms with Crippen molar-refractivity contribution >= 4 is 28.8 Å². The fourth-order valence-electron chi connectivity index (χ4n) is 3.88. The molecule has 2 atom stereocenters. The first-order chi connectivity index (χ1) is 14.5. The molecule has 0 spiro atoms. The van der Waals surface area contributed by atoms with Gasteiger partial charge in [-0.25, -0.2) is 0 Å². The van der Waals surface area contributed by atoms with Crippen molar-refractivity contribution in [2.45, 2.75) is 12.0 Å². The standard InChI is InChI=1S/C23H22N2O4S/c1-25-21(19-9-6-12-30-19)20(15-7-4-5-8-16(15)23(25)27)22(26)24-17-11-10-14(28-2)13-18(17)29-3/h4-13,20-21H,1-3H3,(H,24,26)/t20-,21+/m1/s1. The third kappa shape index (κ3) is 3.41. The number of carbonyl (C=O) groups excluding carboxylic acids is 2. The molecule has 0 saturated carbocycles. The summed E-state index contributed by atoms with van der Waals surface area (Å²) in [6.07, 6.45) is 0. The molecule has 1 aromatic heterocycles. The van der Waals surface area contributed by atoms with E-state index in [0.29, 0.717) is 22.7 Å². The average molecular weight is 423 g/mol. The van der Waals surface area contributed by atoms with Gasteiger partial charge in [0.25, 0.3) is 5.91 Å². The molecule has 0 radical (unpaired) electrons. The minimum atomic E-state index is -0.561. The molecule has 0 bridgehead atoms. The molecule has 1 aliphatic heterocycles. The molecular formula is C23H22N2O4S.